The van der Waals surface area contributed by atoms with Crippen molar-refractivity contribution < 1.29 is 0 Å². The molecule has 3 rings (SSSR count). The highest BCUT2D eigenvalue weighted by molar-refractivity contribution is 5.46. The van der Waals surface area contributed by atoms with E-state index in [1.54, 1.807) is 0 Å². The number of nitrogens with zero attached hydrogens (tertiary/aromatic N) is 2. The van der Waals surface area contributed by atoms with Gasteiger partial charge in [0.2, 0.25) is 0 Å². The van der Waals surface area contributed by atoms with Crippen LogP contribution in [-0.2, 0) is 6.42 Å². The predicted molar refractivity (Wildman–Crippen MR) is 94.2 cm³/mol. The van der Waals surface area contributed by atoms with Crippen LogP contribution >= 0.6 is 0 Å². The summed E-state index contributed by atoms with van der Waals surface area (Å²) < 4.78 is 0. The molecule has 0 saturated carbocycles. The lowest BCUT2D eigenvalue weighted by Gasteiger charge is -2.39. The SMILES string of the molecule is C[C@H](Cc1ccc(N)cc1)N1CCN(c2ccccc2)CC1. The van der Waals surface area contributed by atoms with Gasteiger partial charge in [-0.05, 0) is 43.2 Å². The first-order chi connectivity index (χ1) is 10.7. The summed E-state index contributed by atoms with van der Waals surface area (Å²) in [5.74, 6) is 0. The Hall–Kier alpha value is -2.00. The number of hydrogen-bond donors (Lipinski definition) is 1. The fraction of sp³-hybridized carbons (Fsp3) is 0.368. The number of piperazine rings is 1. The van der Waals surface area contributed by atoms with Gasteiger partial charge in [0.25, 0.3) is 0 Å². The number of benzene rings is 2. The molecule has 1 aliphatic heterocycles. The van der Waals surface area contributed by atoms with Crippen molar-refractivity contribution in [3.05, 3.63) is 60.2 Å². The number of para-hydroxylation sites is 1. The summed E-state index contributed by atoms with van der Waals surface area (Å²) in [4.78, 5) is 5.07. The minimum Gasteiger partial charge on any atom is -0.399 e. The number of rotatable bonds is 4. The van der Waals surface area contributed by atoms with Gasteiger partial charge in [-0.1, -0.05) is 30.3 Å². The maximum atomic E-state index is 5.75. The van der Waals surface area contributed by atoms with Crippen molar-refractivity contribution in [1.82, 2.24) is 4.90 Å². The fourth-order valence-electron chi connectivity index (χ4n) is 3.18. The van der Waals surface area contributed by atoms with Gasteiger partial charge >= 0.3 is 0 Å². The number of nitrogen functional groups attached to an aromatic ring is 1. The van der Waals surface area contributed by atoms with Gasteiger partial charge in [-0.2, -0.15) is 0 Å². The van der Waals surface area contributed by atoms with Crippen molar-refractivity contribution in [1.29, 1.82) is 0 Å². The topological polar surface area (TPSA) is 32.5 Å². The standard InChI is InChI=1S/C19H25N3/c1-16(15-17-7-9-18(20)10-8-17)21-11-13-22(14-12-21)19-5-3-2-4-6-19/h2-10,16H,11-15,20H2,1H3/t16-/m1/s1. The lowest BCUT2D eigenvalue weighted by Crippen LogP contribution is -2.50. The molecule has 0 radical (unpaired) electrons. The molecule has 22 heavy (non-hydrogen) atoms. The van der Waals surface area contributed by atoms with Crippen LogP contribution in [0.5, 0.6) is 0 Å². The molecular weight excluding hydrogens is 270 g/mol. The highest BCUT2D eigenvalue weighted by Gasteiger charge is 2.21. The Balaban J connectivity index is 1.53. The van der Waals surface area contributed by atoms with Crippen molar-refractivity contribution in [2.24, 2.45) is 0 Å². The Labute approximate surface area is 133 Å². The van der Waals surface area contributed by atoms with E-state index in [0.717, 1.165) is 38.3 Å². The third kappa shape index (κ3) is 3.60. The minimum absolute atomic E-state index is 0.571. The van der Waals surface area contributed by atoms with E-state index < -0.39 is 0 Å². The first-order valence-corrected chi connectivity index (χ1v) is 8.11. The third-order valence-electron chi connectivity index (χ3n) is 4.57. The highest BCUT2D eigenvalue weighted by atomic mass is 15.3. The van der Waals surface area contributed by atoms with Crippen molar-refractivity contribution in [3.8, 4) is 0 Å². The van der Waals surface area contributed by atoms with Crippen molar-refractivity contribution in [2.75, 3.05) is 36.8 Å². The Kier molecular flexibility index (Phi) is 4.64. The van der Waals surface area contributed by atoms with Crippen LogP contribution in [0, 0.1) is 0 Å². The molecule has 0 amide bonds. The highest BCUT2D eigenvalue weighted by Crippen LogP contribution is 2.18. The second-order valence-electron chi connectivity index (χ2n) is 6.15. The first kappa shape index (κ1) is 14.9. The van der Waals surface area contributed by atoms with Crippen LogP contribution in [0.25, 0.3) is 0 Å². The second-order valence-corrected chi connectivity index (χ2v) is 6.15. The summed E-state index contributed by atoms with van der Waals surface area (Å²) in [6.07, 6.45) is 1.09. The van der Waals surface area contributed by atoms with Crippen LogP contribution in [0.3, 0.4) is 0 Å². The van der Waals surface area contributed by atoms with E-state index in [9.17, 15) is 0 Å². The lowest BCUT2D eigenvalue weighted by molar-refractivity contribution is 0.196. The number of nitrogens with two attached hydrogens (primary N) is 1. The molecule has 1 heterocycles. The van der Waals surface area contributed by atoms with E-state index in [4.69, 9.17) is 5.73 Å². The van der Waals surface area contributed by atoms with Gasteiger partial charge in [0.1, 0.15) is 0 Å². The average Bonchev–Trinajstić information content (AvgIpc) is 2.58. The molecule has 0 unspecified atom stereocenters. The Morgan fingerprint density at radius 2 is 1.55 bits per heavy atom. The summed E-state index contributed by atoms with van der Waals surface area (Å²) in [6.45, 7) is 6.80. The molecule has 0 bridgehead atoms. The molecule has 3 heteroatoms. The van der Waals surface area contributed by atoms with Gasteiger partial charge in [-0.15, -0.1) is 0 Å². The molecule has 1 atom stereocenters. The molecule has 1 fully saturated rings. The van der Waals surface area contributed by atoms with Crippen LogP contribution < -0.4 is 10.6 Å². The smallest absolute Gasteiger partial charge is 0.0367 e. The molecule has 116 valence electrons. The normalized spacial score (nSPS) is 17.4. The van der Waals surface area contributed by atoms with Gasteiger partial charge in [0.05, 0.1) is 0 Å². The Morgan fingerprint density at radius 1 is 0.909 bits per heavy atom. The van der Waals surface area contributed by atoms with Crippen LogP contribution in [0.2, 0.25) is 0 Å². The number of anilines is 2. The monoisotopic (exact) mass is 295 g/mol. The molecule has 2 aromatic rings. The minimum atomic E-state index is 0.571. The summed E-state index contributed by atoms with van der Waals surface area (Å²) in [6, 6.07) is 19.6. The molecule has 0 aliphatic carbocycles. The van der Waals surface area contributed by atoms with Crippen molar-refractivity contribution in [2.45, 2.75) is 19.4 Å². The van der Waals surface area contributed by atoms with Gasteiger partial charge in [-0.25, -0.2) is 0 Å². The molecule has 2 N–H and O–H groups in total. The zero-order valence-corrected chi connectivity index (χ0v) is 13.3. The van der Waals surface area contributed by atoms with Crippen molar-refractivity contribution in [3.63, 3.8) is 0 Å². The second kappa shape index (κ2) is 6.84. The van der Waals surface area contributed by atoms with E-state index in [1.165, 1.54) is 11.3 Å². The van der Waals surface area contributed by atoms with Crippen LogP contribution in [0.4, 0.5) is 11.4 Å². The van der Waals surface area contributed by atoms with E-state index in [-0.39, 0.29) is 0 Å². The molecule has 0 aromatic heterocycles. The first-order valence-electron chi connectivity index (χ1n) is 8.11. The quantitative estimate of drug-likeness (QED) is 0.880. The molecular formula is C19H25N3. The van der Waals surface area contributed by atoms with Crippen molar-refractivity contribution >= 4 is 11.4 Å². The largest absolute Gasteiger partial charge is 0.399 e. The van der Waals surface area contributed by atoms with Crippen LogP contribution in [-0.4, -0.2) is 37.1 Å². The molecule has 3 nitrogen and oxygen atoms in total. The zero-order chi connectivity index (χ0) is 15.4. The molecule has 0 spiro atoms. The Bertz CT molecular complexity index is 571. The van der Waals surface area contributed by atoms with Gasteiger partial charge < -0.3 is 10.6 Å². The third-order valence-corrected chi connectivity index (χ3v) is 4.57. The molecule has 1 saturated heterocycles. The summed E-state index contributed by atoms with van der Waals surface area (Å²) >= 11 is 0. The molecule has 2 aromatic carbocycles. The van der Waals surface area contributed by atoms with Gasteiger partial charge in [0, 0.05) is 43.6 Å². The van der Waals surface area contributed by atoms with E-state index in [1.807, 2.05) is 12.1 Å². The fourth-order valence-corrected chi connectivity index (χ4v) is 3.18. The summed E-state index contributed by atoms with van der Waals surface area (Å²) in [5.41, 5.74) is 9.30. The maximum absolute atomic E-state index is 5.75. The van der Waals surface area contributed by atoms with E-state index in [2.05, 4.69) is 59.2 Å². The van der Waals surface area contributed by atoms with E-state index >= 15 is 0 Å². The lowest BCUT2D eigenvalue weighted by atomic mass is 10.0. The Morgan fingerprint density at radius 3 is 2.18 bits per heavy atom. The van der Waals surface area contributed by atoms with E-state index in [0.29, 0.717) is 6.04 Å². The maximum Gasteiger partial charge on any atom is 0.0367 e. The van der Waals surface area contributed by atoms with Gasteiger partial charge in [-0.3, -0.25) is 4.90 Å². The summed E-state index contributed by atoms with van der Waals surface area (Å²) in [5, 5.41) is 0. The summed E-state index contributed by atoms with van der Waals surface area (Å²) in [7, 11) is 0. The predicted octanol–water partition coefficient (Wildman–Crippen LogP) is 3.02. The molecule has 1 aliphatic rings. The van der Waals surface area contributed by atoms with Crippen LogP contribution in [0.15, 0.2) is 54.6 Å². The number of hydrogen-bond acceptors (Lipinski definition) is 3. The van der Waals surface area contributed by atoms with Gasteiger partial charge in [0.15, 0.2) is 0 Å². The zero-order valence-electron chi connectivity index (χ0n) is 13.3. The average molecular weight is 295 g/mol. The van der Waals surface area contributed by atoms with Crippen LogP contribution in [0.1, 0.15) is 12.5 Å².